The Balaban J connectivity index is 1.83. The van der Waals surface area contributed by atoms with Crippen LogP contribution in [0.2, 0.25) is 0 Å². The fourth-order valence-electron chi connectivity index (χ4n) is 2.79. The third-order valence-electron chi connectivity index (χ3n) is 4.21. The van der Waals surface area contributed by atoms with Crippen LogP contribution in [-0.4, -0.2) is 29.2 Å². The lowest BCUT2D eigenvalue weighted by molar-refractivity contribution is -0.142. The van der Waals surface area contributed by atoms with E-state index in [1.165, 1.54) is 5.56 Å². The Morgan fingerprint density at radius 3 is 2.91 bits per heavy atom. The molecule has 0 radical (unpaired) electrons. The summed E-state index contributed by atoms with van der Waals surface area (Å²) in [7, 11) is 0. The van der Waals surface area contributed by atoms with Crippen molar-refractivity contribution in [2.24, 2.45) is 11.7 Å². The number of carbonyl (C=O) groups is 1. The van der Waals surface area contributed by atoms with Crippen molar-refractivity contribution in [1.29, 1.82) is 0 Å². The zero-order valence-electron chi connectivity index (χ0n) is 13.7. The first-order valence-electron chi connectivity index (χ1n) is 8.31. The highest BCUT2D eigenvalue weighted by molar-refractivity contribution is 5.84. The first kappa shape index (κ1) is 17.3. The van der Waals surface area contributed by atoms with E-state index in [9.17, 15) is 4.79 Å². The molecular weight excluding hydrogens is 292 g/mol. The number of aromatic amines is 1. The molecule has 23 heavy (non-hydrogen) atoms. The van der Waals surface area contributed by atoms with E-state index in [4.69, 9.17) is 15.6 Å². The van der Waals surface area contributed by atoms with Crippen molar-refractivity contribution in [2.45, 2.75) is 39.0 Å². The van der Waals surface area contributed by atoms with E-state index >= 15 is 0 Å². The monoisotopic (exact) mass is 318 g/mol. The highest BCUT2D eigenvalue weighted by Gasteiger charge is 2.13. The molecule has 1 unspecified atom stereocenters. The van der Waals surface area contributed by atoms with Gasteiger partial charge in [-0.2, -0.15) is 0 Å². The van der Waals surface area contributed by atoms with Crippen molar-refractivity contribution in [3.63, 3.8) is 0 Å². The zero-order valence-corrected chi connectivity index (χ0v) is 13.7. The number of hydrogen-bond donors (Lipinski definition) is 3. The van der Waals surface area contributed by atoms with Crippen molar-refractivity contribution in [2.75, 3.05) is 13.2 Å². The predicted octanol–water partition coefficient (Wildman–Crippen LogP) is 3.33. The van der Waals surface area contributed by atoms with Crippen molar-refractivity contribution in [3.8, 4) is 5.75 Å². The lowest BCUT2D eigenvalue weighted by Gasteiger charge is -2.10. The molecule has 0 saturated heterocycles. The highest BCUT2D eigenvalue weighted by Crippen LogP contribution is 2.24. The van der Waals surface area contributed by atoms with E-state index in [2.05, 4.69) is 4.98 Å². The van der Waals surface area contributed by atoms with E-state index in [1.54, 1.807) is 0 Å². The molecule has 1 heterocycles. The van der Waals surface area contributed by atoms with E-state index < -0.39 is 5.97 Å². The molecule has 126 valence electrons. The van der Waals surface area contributed by atoms with Gasteiger partial charge in [0.25, 0.3) is 0 Å². The lowest BCUT2D eigenvalue weighted by atomic mass is 10.00. The maximum atomic E-state index is 11.0. The number of hydrogen-bond acceptors (Lipinski definition) is 3. The number of rotatable bonds is 10. The first-order chi connectivity index (χ1) is 11.2. The Hall–Kier alpha value is -2.01. The quantitative estimate of drug-likeness (QED) is 0.586. The Kier molecular flexibility index (Phi) is 6.47. The molecule has 4 N–H and O–H groups in total. The lowest BCUT2D eigenvalue weighted by Crippen LogP contribution is -2.12. The number of nitrogens with one attached hydrogen (secondary N) is 1. The second-order valence-electron chi connectivity index (χ2n) is 5.85. The molecule has 0 saturated carbocycles. The summed E-state index contributed by atoms with van der Waals surface area (Å²) in [4.78, 5) is 14.2. The molecule has 0 aliphatic carbocycles. The standard InChI is InChI=1S/C18H26N2O3/c1-2-13(18(21)22)5-3-4-10-23-15-6-7-17-16(11-15)14(8-9-19)12-20-17/h6-7,11-13,20H,2-5,8-10,19H2,1H3,(H,21,22). The van der Waals surface area contributed by atoms with Crippen LogP contribution in [0.1, 0.15) is 38.2 Å². The van der Waals surface area contributed by atoms with Crippen LogP contribution in [0.4, 0.5) is 0 Å². The Morgan fingerprint density at radius 1 is 1.39 bits per heavy atom. The van der Waals surface area contributed by atoms with Gasteiger partial charge < -0.3 is 20.6 Å². The van der Waals surface area contributed by atoms with Crippen LogP contribution >= 0.6 is 0 Å². The van der Waals surface area contributed by atoms with Crippen molar-refractivity contribution < 1.29 is 14.6 Å². The number of carboxylic acid groups (broad SMARTS) is 1. The number of carboxylic acids is 1. The topological polar surface area (TPSA) is 88.3 Å². The minimum Gasteiger partial charge on any atom is -0.494 e. The van der Waals surface area contributed by atoms with E-state index in [0.717, 1.165) is 35.9 Å². The predicted molar refractivity (Wildman–Crippen MR) is 91.8 cm³/mol. The van der Waals surface area contributed by atoms with Crippen LogP contribution in [0.3, 0.4) is 0 Å². The zero-order chi connectivity index (χ0) is 16.7. The number of fused-ring (bicyclic) bond motifs is 1. The van der Waals surface area contributed by atoms with E-state index in [-0.39, 0.29) is 5.92 Å². The van der Waals surface area contributed by atoms with Crippen molar-refractivity contribution in [1.82, 2.24) is 4.98 Å². The van der Waals surface area contributed by atoms with Gasteiger partial charge in [0.15, 0.2) is 0 Å². The van der Waals surface area contributed by atoms with Gasteiger partial charge in [-0.3, -0.25) is 4.79 Å². The van der Waals surface area contributed by atoms with Crippen LogP contribution in [0.15, 0.2) is 24.4 Å². The Labute approximate surface area is 136 Å². The summed E-state index contributed by atoms with van der Waals surface area (Å²) in [5.41, 5.74) is 7.93. The summed E-state index contributed by atoms with van der Waals surface area (Å²) < 4.78 is 5.80. The van der Waals surface area contributed by atoms with Gasteiger partial charge in [-0.1, -0.05) is 6.92 Å². The maximum Gasteiger partial charge on any atom is 0.306 e. The molecule has 1 aromatic carbocycles. The average molecular weight is 318 g/mol. The summed E-state index contributed by atoms with van der Waals surface area (Å²) in [6, 6.07) is 6.02. The highest BCUT2D eigenvalue weighted by atomic mass is 16.5. The number of nitrogens with two attached hydrogens (primary N) is 1. The fraction of sp³-hybridized carbons (Fsp3) is 0.500. The van der Waals surface area contributed by atoms with Gasteiger partial charge in [0, 0.05) is 17.1 Å². The first-order valence-corrected chi connectivity index (χ1v) is 8.31. The van der Waals surface area contributed by atoms with Crippen LogP contribution in [0.5, 0.6) is 5.75 Å². The Bertz CT molecular complexity index is 636. The molecule has 2 aromatic rings. The third-order valence-corrected chi connectivity index (χ3v) is 4.21. The molecule has 0 fully saturated rings. The second-order valence-corrected chi connectivity index (χ2v) is 5.85. The molecule has 2 rings (SSSR count). The molecule has 0 spiro atoms. The molecule has 0 aliphatic rings. The normalized spacial score (nSPS) is 12.4. The third kappa shape index (κ3) is 4.73. The van der Waals surface area contributed by atoms with Crippen molar-refractivity contribution in [3.05, 3.63) is 30.0 Å². The summed E-state index contributed by atoms with van der Waals surface area (Å²) in [6.07, 6.45) is 5.98. The maximum absolute atomic E-state index is 11.0. The molecule has 5 heteroatoms. The number of ether oxygens (including phenoxy) is 1. The Morgan fingerprint density at radius 2 is 2.22 bits per heavy atom. The fourth-order valence-corrected chi connectivity index (χ4v) is 2.79. The molecular formula is C18H26N2O3. The molecule has 1 aromatic heterocycles. The number of benzene rings is 1. The van der Waals surface area contributed by atoms with Crippen LogP contribution in [0, 0.1) is 5.92 Å². The molecule has 5 nitrogen and oxygen atoms in total. The minimum atomic E-state index is -0.696. The number of H-pyrrole nitrogens is 1. The number of aromatic nitrogens is 1. The van der Waals surface area contributed by atoms with Gasteiger partial charge in [0.05, 0.1) is 12.5 Å². The van der Waals surface area contributed by atoms with Gasteiger partial charge >= 0.3 is 5.97 Å². The largest absolute Gasteiger partial charge is 0.494 e. The molecule has 1 atom stereocenters. The van der Waals surface area contributed by atoms with Gasteiger partial charge in [0.1, 0.15) is 5.75 Å². The smallest absolute Gasteiger partial charge is 0.306 e. The molecule has 0 aliphatic heterocycles. The molecule has 0 amide bonds. The summed E-state index contributed by atoms with van der Waals surface area (Å²) >= 11 is 0. The number of aliphatic carboxylic acids is 1. The number of unbranched alkanes of at least 4 members (excludes halogenated alkanes) is 1. The summed E-state index contributed by atoms with van der Waals surface area (Å²) in [6.45, 7) is 3.15. The second kappa shape index (κ2) is 8.58. The average Bonchev–Trinajstić information content (AvgIpc) is 2.93. The van der Waals surface area contributed by atoms with Gasteiger partial charge in [-0.15, -0.1) is 0 Å². The minimum absolute atomic E-state index is 0.231. The summed E-state index contributed by atoms with van der Waals surface area (Å²) in [5.74, 6) is -0.0792. The van der Waals surface area contributed by atoms with Gasteiger partial charge in [-0.05, 0) is 62.4 Å². The summed E-state index contributed by atoms with van der Waals surface area (Å²) in [5, 5.41) is 10.2. The SMILES string of the molecule is CCC(CCCCOc1ccc2[nH]cc(CCN)c2c1)C(=O)O. The van der Waals surface area contributed by atoms with E-state index in [0.29, 0.717) is 26.0 Å². The van der Waals surface area contributed by atoms with Crippen LogP contribution in [-0.2, 0) is 11.2 Å². The van der Waals surface area contributed by atoms with Gasteiger partial charge in [0.2, 0.25) is 0 Å². The van der Waals surface area contributed by atoms with Gasteiger partial charge in [-0.25, -0.2) is 0 Å². The van der Waals surface area contributed by atoms with Crippen LogP contribution < -0.4 is 10.5 Å². The van der Waals surface area contributed by atoms with Crippen molar-refractivity contribution >= 4 is 16.9 Å². The van der Waals surface area contributed by atoms with E-state index in [1.807, 2.05) is 31.3 Å². The molecule has 0 bridgehead atoms. The van der Waals surface area contributed by atoms with Crippen LogP contribution in [0.25, 0.3) is 10.9 Å².